The molecule has 1 aromatic rings. The van der Waals surface area contributed by atoms with E-state index in [1.54, 1.807) is 0 Å². The van der Waals surface area contributed by atoms with Crippen molar-refractivity contribution in [1.29, 1.82) is 0 Å². The molecule has 0 saturated heterocycles. The van der Waals surface area contributed by atoms with Crippen molar-refractivity contribution in [1.82, 2.24) is 10.0 Å². The van der Waals surface area contributed by atoms with Gasteiger partial charge in [0.05, 0.1) is 17.7 Å². The Balaban J connectivity index is 2.77. The number of rotatable bonds is 6. The zero-order valence-electron chi connectivity index (χ0n) is 10.8. The van der Waals surface area contributed by atoms with Gasteiger partial charge in [-0.15, -0.1) is 0 Å². The molecule has 1 aromatic carbocycles. The average molecular weight is 287 g/mol. The van der Waals surface area contributed by atoms with Gasteiger partial charge in [0.1, 0.15) is 5.75 Å². The van der Waals surface area contributed by atoms with Gasteiger partial charge in [0.2, 0.25) is 15.9 Å². The van der Waals surface area contributed by atoms with Crippen LogP contribution in [-0.2, 0) is 14.8 Å². The predicted octanol–water partition coefficient (Wildman–Crippen LogP) is -0.308. The van der Waals surface area contributed by atoms with Crippen LogP contribution in [0.4, 0.5) is 5.69 Å². The average Bonchev–Trinajstić information content (AvgIpc) is 2.38. The Hall–Kier alpha value is -1.80. The standard InChI is InChI=1S/C11H17N3O4S/c1-13-11(15)5-6-14-19(16,17)8-3-4-10(18-2)9(12)7-8/h3-4,7,14H,5-6,12H2,1-2H3,(H,13,15). The fourth-order valence-electron chi connectivity index (χ4n) is 1.39. The van der Waals surface area contributed by atoms with Crippen molar-refractivity contribution in [2.45, 2.75) is 11.3 Å². The molecular formula is C11H17N3O4S. The number of carbonyl (C=O) groups is 1. The van der Waals surface area contributed by atoms with Gasteiger partial charge in [0.15, 0.2) is 0 Å². The summed E-state index contributed by atoms with van der Waals surface area (Å²) in [7, 11) is -0.744. The fourth-order valence-corrected chi connectivity index (χ4v) is 2.45. The Morgan fingerprint density at radius 2 is 2.11 bits per heavy atom. The van der Waals surface area contributed by atoms with Gasteiger partial charge in [-0.2, -0.15) is 0 Å². The molecule has 0 fully saturated rings. The molecule has 106 valence electrons. The first-order valence-electron chi connectivity index (χ1n) is 5.54. The summed E-state index contributed by atoms with van der Waals surface area (Å²) in [6, 6.07) is 4.17. The van der Waals surface area contributed by atoms with Crippen LogP contribution < -0.4 is 20.5 Å². The van der Waals surface area contributed by atoms with Gasteiger partial charge in [-0.3, -0.25) is 4.79 Å². The monoisotopic (exact) mass is 287 g/mol. The SMILES string of the molecule is CNC(=O)CCNS(=O)(=O)c1ccc(OC)c(N)c1. The van der Waals surface area contributed by atoms with E-state index in [-0.39, 0.29) is 29.5 Å². The molecule has 19 heavy (non-hydrogen) atoms. The van der Waals surface area contributed by atoms with Crippen molar-refractivity contribution in [2.24, 2.45) is 0 Å². The number of amides is 1. The van der Waals surface area contributed by atoms with E-state index in [2.05, 4.69) is 10.0 Å². The Bertz CT molecular complexity index is 557. The fraction of sp³-hybridized carbons (Fsp3) is 0.364. The molecule has 0 aliphatic rings. The Kier molecular flexibility index (Phi) is 5.13. The van der Waals surface area contributed by atoms with Crippen LogP contribution >= 0.6 is 0 Å². The molecule has 4 N–H and O–H groups in total. The number of benzene rings is 1. The van der Waals surface area contributed by atoms with Crippen LogP contribution in [0.1, 0.15) is 6.42 Å². The van der Waals surface area contributed by atoms with Crippen molar-refractivity contribution in [3.63, 3.8) is 0 Å². The van der Waals surface area contributed by atoms with Crippen molar-refractivity contribution in [2.75, 3.05) is 26.4 Å². The second-order valence-electron chi connectivity index (χ2n) is 3.72. The number of hydrogen-bond donors (Lipinski definition) is 3. The van der Waals surface area contributed by atoms with Gasteiger partial charge in [0.25, 0.3) is 0 Å². The first-order chi connectivity index (χ1) is 8.90. The second-order valence-corrected chi connectivity index (χ2v) is 5.49. The van der Waals surface area contributed by atoms with Crippen LogP contribution in [0.5, 0.6) is 5.75 Å². The minimum absolute atomic E-state index is 0.0218. The topological polar surface area (TPSA) is 111 Å². The summed E-state index contributed by atoms with van der Waals surface area (Å²) in [4.78, 5) is 11.0. The molecule has 0 radical (unpaired) electrons. The molecule has 0 aliphatic heterocycles. The van der Waals surface area contributed by atoms with E-state index < -0.39 is 10.0 Å². The van der Waals surface area contributed by atoms with Crippen LogP contribution in [0.3, 0.4) is 0 Å². The molecule has 0 atom stereocenters. The quantitative estimate of drug-likeness (QED) is 0.622. The summed E-state index contributed by atoms with van der Waals surface area (Å²) in [5, 5.41) is 2.40. The highest BCUT2D eigenvalue weighted by Crippen LogP contribution is 2.24. The zero-order valence-corrected chi connectivity index (χ0v) is 11.6. The molecule has 7 nitrogen and oxygen atoms in total. The normalized spacial score (nSPS) is 11.1. The number of methoxy groups -OCH3 is 1. The molecule has 0 heterocycles. The summed E-state index contributed by atoms with van der Waals surface area (Å²) in [6.07, 6.45) is 0.0708. The van der Waals surface area contributed by atoms with E-state index in [4.69, 9.17) is 10.5 Å². The Morgan fingerprint density at radius 3 is 2.63 bits per heavy atom. The number of anilines is 1. The largest absolute Gasteiger partial charge is 0.495 e. The number of nitrogens with one attached hydrogen (secondary N) is 2. The van der Waals surface area contributed by atoms with Crippen LogP contribution in [0, 0.1) is 0 Å². The molecule has 0 saturated carbocycles. The van der Waals surface area contributed by atoms with Crippen LogP contribution in [0.25, 0.3) is 0 Å². The van der Waals surface area contributed by atoms with Gasteiger partial charge >= 0.3 is 0 Å². The van der Waals surface area contributed by atoms with E-state index in [0.717, 1.165) is 0 Å². The molecule has 0 aliphatic carbocycles. The molecule has 0 unspecified atom stereocenters. The summed E-state index contributed by atoms with van der Waals surface area (Å²) in [5.74, 6) is 0.168. The third-order valence-corrected chi connectivity index (χ3v) is 3.89. The summed E-state index contributed by atoms with van der Waals surface area (Å²) in [5.41, 5.74) is 5.88. The van der Waals surface area contributed by atoms with Gasteiger partial charge in [0, 0.05) is 20.0 Å². The van der Waals surface area contributed by atoms with Gasteiger partial charge in [-0.05, 0) is 18.2 Å². The van der Waals surface area contributed by atoms with Crippen molar-refractivity contribution in [3.8, 4) is 5.75 Å². The summed E-state index contributed by atoms with van der Waals surface area (Å²) >= 11 is 0. The lowest BCUT2D eigenvalue weighted by Gasteiger charge is -2.09. The number of nitrogens with two attached hydrogens (primary N) is 1. The van der Waals surface area contributed by atoms with Gasteiger partial charge in [-0.25, -0.2) is 13.1 Å². The number of ether oxygens (including phenoxy) is 1. The predicted molar refractivity (Wildman–Crippen MR) is 71.3 cm³/mol. The second kappa shape index (κ2) is 6.39. The first-order valence-corrected chi connectivity index (χ1v) is 7.03. The minimum atomic E-state index is -3.68. The Morgan fingerprint density at radius 1 is 1.42 bits per heavy atom. The maximum absolute atomic E-state index is 11.9. The van der Waals surface area contributed by atoms with Crippen LogP contribution in [-0.4, -0.2) is 35.0 Å². The molecular weight excluding hydrogens is 270 g/mol. The van der Waals surface area contributed by atoms with E-state index in [1.165, 1.54) is 32.4 Å². The van der Waals surface area contributed by atoms with E-state index >= 15 is 0 Å². The lowest BCUT2D eigenvalue weighted by Crippen LogP contribution is -2.29. The van der Waals surface area contributed by atoms with Crippen molar-refractivity contribution in [3.05, 3.63) is 18.2 Å². The van der Waals surface area contributed by atoms with Crippen molar-refractivity contribution >= 4 is 21.6 Å². The highest BCUT2D eigenvalue weighted by atomic mass is 32.2. The van der Waals surface area contributed by atoms with Gasteiger partial charge < -0.3 is 15.8 Å². The highest BCUT2D eigenvalue weighted by molar-refractivity contribution is 7.89. The molecule has 1 amide bonds. The van der Waals surface area contributed by atoms with Crippen LogP contribution in [0.2, 0.25) is 0 Å². The lowest BCUT2D eigenvalue weighted by atomic mass is 10.3. The summed E-state index contributed by atoms with van der Waals surface area (Å²) < 4.78 is 31.1. The number of carbonyl (C=O) groups excluding carboxylic acids is 1. The zero-order chi connectivity index (χ0) is 14.5. The molecule has 8 heteroatoms. The number of hydrogen-bond acceptors (Lipinski definition) is 5. The van der Waals surface area contributed by atoms with Crippen LogP contribution in [0.15, 0.2) is 23.1 Å². The van der Waals surface area contributed by atoms with Gasteiger partial charge in [-0.1, -0.05) is 0 Å². The first kappa shape index (κ1) is 15.3. The van der Waals surface area contributed by atoms with E-state index in [1.807, 2.05) is 0 Å². The maximum atomic E-state index is 11.9. The molecule has 0 bridgehead atoms. The lowest BCUT2D eigenvalue weighted by molar-refractivity contribution is -0.120. The molecule has 0 spiro atoms. The number of nitrogen functional groups attached to an aromatic ring is 1. The number of sulfonamides is 1. The highest BCUT2D eigenvalue weighted by Gasteiger charge is 2.15. The van der Waals surface area contributed by atoms with E-state index in [0.29, 0.717) is 5.75 Å². The Labute approximate surface area is 112 Å². The third kappa shape index (κ3) is 4.11. The smallest absolute Gasteiger partial charge is 0.240 e. The third-order valence-electron chi connectivity index (χ3n) is 2.43. The van der Waals surface area contributed by atoms with E-state index in [9.17, 15) is 13.2 Å². The molecule has 1 rings (SSSR count). The molecule has 0 aromatic heterocycles. The van der Waals surface area contributed by atoms with Crippen molar-refractivity contribution < 1.29 is 17.9 Å². The minimum Gasteiger partial charge on any atom is -0.495 e. The maximum Gasteiger partial charge on any atom is 0.240 e. The summed E-state index contributed by atoms with van der Waals surface area (Å²) in [6.45, 7) is 0.0218.